The van der Waals surface area contributed by atoms with Gasteiger partial charge in [0.1, 0.15) is 35.1 Å². The summed E-state index contributed by atoms with van der Waals surface area (Å²) in [5, 5.41) is 0.0334. The van der Waals surface area contributed by atoms with Crippen LogP contribution in [0.5, 0.6) is 0 Å². The maximum Gasteiger partial charge on any atom is 0.418 e. The standard InChI is InChI=1S/C26H37BrF2N2O5SSi/c1-8-35-21(32)26-14-20(26)25(15-28,18-13-17(27)9-10-19(18)29)30-22(37-26)31(23(33)36-24(2,3)4)16-34-11-12-38(5,6)7/h9-10,13,20H,8,11-12,14-16H2,1-7H3/t20-,25+,26-/m0/s1. The lowest BCUT2D eigenvalue weighted by Crippen LogP contribution is -2.48. The number of hydrogen-bond donors (Lipinski definition) is 0. The molecular formula is C26H37BrF2N2O5SSi. The van der Waals surface area contributed by atoms with Gasteiger partial charge < -0.3 is 14.2 Å². The summed E-state index contributed by atoms with van der Waals surface area (Å²) < 4.78 is 46.6. The van der Waals surface area contributed by atoms with Gasteiger partial charge in [0.15, 0.2) is 5.17 Å². The molecule has 38 heavy (non-hydrogen) atoms. The average molecular weight is 636 g/mol. The highest BCUT2D eigenvalue weighted by atomic mass is 79.9. The summed E-state index contributed by atoms with van der Waals surface area (Å²) in [5.74, 6) is -1.86. The van der Waals surface area contributed by atoms with Gasteiger partial charge >= 0.3 is 12.1 Å². The van der Waals surface area contributed by atoms with Crippen LogP contribution in [0.2, 0.25) is 25.7 Å². The number of benzene rings is 1. The van der Waals surface area contributed by atoms with E-state index in [4.69, 9.17) is 14.2 Å². The molecule has 7 nitrogen and oxygen atoms in total. The van der Waals surface area contributed by atoms with E-state index in [2.05, 4.69) is 40.6 Å². The number of carbonyl (C=O) groups excluding carboxylic acids is 2. The third-order valence-electron chi connectivity index (χ3n) is 6.34. The molecule has 1 fully saturated rings. The molecule has 3 atom stereocenters. The largest absolute Gasteiger partial charge is 0.465 e. The van der Waals surface area contributed by atoms with Crippen LogP contribution in [0, 0.1) is 11.7 Å². The number of esters is 1. The molecule has 212 valence electrons. The van der Waals surface area contributed by atoms with Gasteiger partial charge in [-0.05, 0) is 58.4 Å². The zero-order valence-electron chi connectivity index (χ0n) is 23.0. The van der Waals surface area contributed by atoms with E-state index in [9.17, 15) is 9.59 Å². The molecule has 0 N–H and O–H groups in total. The fourth-order valence-corrected chi connectivity index (χ4v) is 6.91. The van der Waals surface area contributed by atoms with E-state index in [0.717, 1.165) is 17.8 Å². The topological polar surface area (TPSA) is 77.4 Å². The Kier molecular flexibility index (Phi) is 9.43. The summed E-state index contributed by atoms with van der Waals surface area (Å²) in [6.45, 7) is 12.7. The van der Waals surface area contributed by atoms with Crippen molar-refractivity contribution < 1.29 is 32.6 Å². The molecule has 1 amide bonds. The highest BCUT2D eigenvalue weighted by Gasteiger charge is 2.74. The van der Waals surface area contributed by atoms with Crippen molar-refractivity contribution in [2.24, 2.45) is 10.9 Å². The highest BCUT2D eigenvalue weighted by Crippen LogP contribution is 2.67. The predicted octanol–water partition coefficient (Wildman–Crippen LogP) is 6.73. The number of amides is 1. The summed E-state index contributed by atoms with van der Waals surface area (Å²) in [6, 6.07) is 5.08. The second-order valence-electron chi connectivity index (χ2n) is 11.8. The van der Waals surface area contributed by atoms with Gasteiger partial charge in [0, 0.05) is 30.6 Å². The van der Waals surface area contributed by atoms with Crippen LogP contribution in [-0.2, 0) is 24.5 Å². The molecule has 0 unspecified atom stereocenters. The van der Waals surface area contributed by atoms with Crippen molar-refractivity contribution in [3.05, 3.63) is 34.1 Å². The van der Waals surface area contributed by atoms with Crippen LogP contribution in [-0.4, -0.2) is 67.2 Å². The minimum atomic E-state index is -1.74. The Morgan fingerprint density at radius 3 is 2.55 bits per heavy atom. The van der Waals surface area contributed by atoms with Crippen molar-refractivity contribution in [2.75, 3.05) is 26.6 Å². The van der Waals surface area contributed by atoms with E-state index in [1.165, 1.54) is 23.1 Å². The van der Waals surface area contributed by atoms with Gasteiger partial charge in [0.25, 0.3) is 0 Å². The first kappa shape index (κ1) is 31.0. The highest BCUT2D eigenvalue weighted by molar-refractivity contribution is 9.10. The first-order chi connectivity index (χ1) is 17.6. The molecule has 2 aliphatic rings. The van der Waals surface area contributed by atoms with Gasteiger partial charge in [0.2, 0.25) is 0 Å². The number of alkyl halides is 1. The molecule has 12 heteroatoms. The maximum absolute atomic E-state index is 15.2. The number of fused-ring (bicyclic) bond motifs is 1. The Morgan fingerprint density at radius 2 is 1.97 bits per heavy atom. The number of rotatable bonds is 9. The molecule has 0 bridgehead atoms. The number of ether oxygens (including phenoxy) is 3. The smallest absolute Gasteiger partial charge is 0.418 e. The number of aliphatic imine (C=N–C) groups is 1. The van der Waals surface area contributed by atoms with Crippen LogP contribution in [0.3, 0.4) is 0 Å². The Labute approximate surface area is 237 Å². The lowest BCUT2D eigenvalue weighted by Gasteiger charge is -2.38. The van der Waals surface area contributed by atoms with E-state index in [1.54, 1.807) is 27.7 Å². The quantitative estimate of drug-likeness (QED) is 0.130. The van der Waals surface area contributed by atoms with Crippen molar-refractivity contribution in [1.82, 2.24) is 4.90 Å². The average Bonchev–Trinajstić information content (AvgIpc) is 3.55. The van der Waals surface area contributed by atoms with Gasteiger partial charge in [-0.25, -0.2) is 23.5 Å². The fourth-order valence-electron chi connectivity index (χ4n) is 4.29. The molecule has 0 aromatic heterocycles. The Bertz CT molecular complexity index is 1100. The normalized spacial score (nSPS) is 24.8. The second-order valence-corrected chi connectivity index (χ2v) is 19.6. The Balaban J connectivity index is 2.10. The van der Waals surface area contributed by atoms with Gasteiger partial charge in [-0.3, -0.25) is 4.79 Å². The minimum absolute atomic E-state index is 0.00661. The van der Waals surface area contributed by atoms with Crippen LogP contribution in [0.4, 0.5) is 13.6 Å². The molecule has 0 saturated heterocycles. The zero-order chi connectivity index (χ0) is 28.5. The van der Waals surface area contributed by atoms with Gasteiger partial charge in [0.05, 0.1) is 6.61 Å². The molecule has 1 saturated carbocycles. The first-order valence-electron chi connectivity index (χ1n) is 12.6. The van der Waals surface area contributed by atoms with E-state index in [1.807, 2.05) is 0 Å². The number of amidine groups is 1. The van der Waals surface area contributed by atoms with Crippen LogP contribution in [0.1, 0.15) is 39.7 Å². The van der Waals surface area contributed by atoms with Crippen molar-refractivity contribution >= 4 is 53.0 Å². The van der Waals surface area contributed by atoms with E-state index in [-0.39, 0.29) is 30.5 Å². The van der Waals surface area contributed by atoms with Crippen molar-refractivity contribution in [3.63, 3.8) is 0 Å². The number of halogens is 3. The summed E-state index contributed by atoms with van der Waals surface area (Å²) in [6.07, 6.45) is -0.532. The van der Waals surface area contributed by atoms with Crippen LogP contribution in [0.15, 0.2) is 27.7 Å². The number of thioether (sulfide) groups is 1. The van der Waals surface area contributed by atoms with Crippen molar-refractivity contribution in [1.29, 1.82) is 0 Å². The first-order valence-corrected chi connectivity index (χ1v) is 18.0. The van der Waals surface area contributed by atoms with E-state index < -0.39 is 54.4 Å². The van der Waals surface area contributed by atoms with Crippen molar-refractivity contribution in [2.45, 2.75) is 75.7 Å². The molecule has 1 aliphatic carbocycles. The summed E-state index contributed by atoms with van der Waals surface area (Å²) in [4.78, 5) is 32.4. The molecule has 1 aliphatic heterocycles. The van der Waals surface area contributed by atoms with Gasteiger partial charge in [-0.15, -0.1) is 0 Å². The maximum atomic E-state index is 15.2. The van der Waals surface area contributed by atoms with Crippen LogP contribution < -0.4 is 0 Å². The van der Waals surface area contributed by atoms with Gasteiger partial charge in [-0.2, -0.15) is 0 Å². The summed E-state index contributed by atoms with van der Waals surface area (Å²) >= 11 is 4.37. The molecule has 0 spiro atoms. The monoisotopic (exact) mass is 634 g/mol. The molecule has 3 rings (SSSR count). The van der Waals surface area contributed by atoms with Crippen LogP contribution in [0.25, 0.3) is 0 Å². The number of nitrogens with zero attached hydrogens (tertiary/aromatic N) is 2. The Hall–Kier alpha value is -1.50. The van der Waals surface area contributed by atoms with Crippen molar-refractivity contribution in [3.8, 4) is 0 Å². The Morgan fingerprint density at radius 1 is 1.29 bits per heavy atom. The van der Waals surface area contributed by atoms with E-state index >= 15 is 8.78 Å². The predicted molar refractivity (Wildman–Crippen MR) is 151 cm³/mol. The number of hydrogen-bond acceptors (Lipinski definition) is 7. The third kappa shape index (κ3) is 6.79. The fraction of sp³-hybridized carbons (Fsp3) is 0.654. The van der Waals surface area contributed by atoms with E-state index in [0.29, 0.717) is 11.1 Å². The molecule has 1 aromatic rings. The second kappa shape index (κ2) is 11.5. The van der Waals surface area contributed by atoms with Crippen LogP contribution >= 0.6 is 27.7 Å². The molecule has 1 heterocycles. The third-order valence-corrected chi connectivity index (χ3v) is 10.0. The lowest BCUT2D eigenvalue weighted by atomic mass is 9.85. The summed E-state index contributed by atoms with van der Waals surface area (Å²) in [5.41, 5.74) is -2.56. The molecule has 1 aromatic carbocycles. The van der Waals surface area contributed by atoms with Gasteiger partial charge in [-0.1, -0.05) is 47.3 Å². The summed E-state index contributed by atoms with van der Waals surface area (Å²) in [7, 11) is -1.41. The molecule has 0 radical (unpaired) electrons. The minimum Gasteiger partial charge on any atom is -0.465 e. The SMILES string of the molecule is CCOC(=O)[C@]12C[C@H]1[C@@](CF)(c1cc(Br)ccc1F)N=C(N(COCC[Si](C)(C)C)C(=O)OC(C)(C)C)S2. The lowest BCUT2D eigenvalue weighted by molar-refractivity contribution is -0.143. The number of carbonyl (C=O) groups is 2. The molecular weight excluding hydrogens is 598 g/mol. The zero-order valence-corrected chi connectivity index (χ0v) is 26.4.